The predicted molar refractivity (Wildman–Crippen MR) is 101 cm³/mol. The van der Waals surface area contributed by atoms with Gasteiger partial charge in [0.2, 0.25) is 0 Å². The maximum Gasteiger partial charge on any atom is 0.177 e. The van der Waals surface area contributed by atoms with E-state index in [1.54, 1.807) is 45.7 Å². The van der Waals surface area contributed by atoms with E-state index < -0.39 is 0 Å². The first kappa shape index (κ1) is 16.1. The molecule has 1 aromatic carbocycles. The van der Waals surface area contributed by atoms with Crippen LogP contribution in [0.2, 0.25) is 0 Å². The van der Waals surface area contributed by atoms with Gasteiger partial charge < -0.3 is 5.73 Å². The van der Waals surface area contributed by atoms with E-state index in [0.29, 0.717) is 28.5 Å². The van der Waals surface area contributed by atoms with Crippen LogP contribution in [0.1, 0.15) is 0 Å². The first-order chi connectivity index (χ1) is 13.7. The van der Waals surface area contributed by atoms with Gasteiger partial charge in [-0.05, 0) is 42.0 Å². The number of nitrogens with zero attached hydrogens (tertiary/aromatic N) is 7. The van der Waals surface area contributed by atoms with E-state index in [2.05, 4.69) is 25.4 Å². The number of hydrogen-bond donors (Lipinski definition) is 1. The molecule has 4 heterocycles. The third-order valence-electron chi connectivity index (χ3n) is 4.29. The molecule has 0 aliphatic heterocycles. The van der Waals surface area contributed by atoms with Crippen LogP contribution >= 0.6 is 0 Å². The summed E-state index contributed by atoms with van der Waals surface area (Å²) < 4.78 is 17.0. The van der Waals surface area contributed by atoms with Crippen LogP contribution in [0.3, 0.4) is 0 Å². The molecule has 136 valence electrons. The number of benzene rings is 1. The van der Waals surface area contributed by atoms with Gasteiger partial charge in [0, 0.05) is 23.5 Å². The minimum atomic E-state index is -0.337. The van der Waals surface area contributed by atoms with E-state index in [0.717, 1.165) is 11.1 Å². The van der Waals surface area contributed by atoms with Crippen LogP contribution in [0.4, 0.5) is 10.2 Å². The molecule has 0 amide bonds. The van der Waals surface area contributed by atoms with Crippen LogP contribution < -0.4 is 5.73 Å². The Morgan fingerprint density at radius 2 is 1.89 bits per heavy atom. The quantitative estimate of drug-likeness (QED) is 0.523. The lowest BCUT2D eigenvalue weighted by molar-refractivity contribution is 0.628. The summed E-state index contributed by atoms with van der Waals surface area (Å²) in [6.07, 6.45) is 4.96. The average molecular weight is 372 g/mol. The molecule has 28 heavy (non-hydrogen) atoms. The van der Waals surface area contributed by atoms with Crippen molar-refractivity contribution >= 4 is 11.5 Å². The van der Waals surface area contributed by atoms with Crippen molar-refractivity contribution in [2.75, 3.05) is 5.73 Å². The number of hydrogen-bond acceptors (Lipinski definition) is 6. The highest BCUT2D eigenvalue weighted by Crippen LogP contribution is 2.32. The predicted octanol–water partition coefficient (Wildman–Crippen LogP) is 2.76. The fourth-order valence-corrected chi connectivity index (χ4v) is 3.01. The van der Waals surface area contributed by atoms with Crippen LogP contribution in [0.25, 0.3) is 33.8 Å². The lowest BCUT2D eigenvalue weighted by Gasteiger charge is -2.03. The summed E-state index contributed by atoms with van der Waals surface area (Å²) >= 11 is 0. The summed E-state index contributed by atoms with van der Waals surface area (Å²) in [5.74, 6) is 0.619. The summed E-state index contributed by atoms with van der Waals surface area (Å²) in [7, 11) is 0. The van der Waals surface area contributed by atoms with Gasteiger partial charge in [0.15, 0.2) is 11.5 Å². The second-order valence-corrected chi connectivity index (χ2v) is 6.14. The van der Waals surface area contributed by atoms with E-state index in [1.165, 1.54) is 18.5 Å². The summed E-state index contributed by atoms with van der Waals surface area (Å²) in [6, 6.07) is 13.5. The SMILES string of the molecule is Nc1cc(-c2cn(-c3ccc4nncn4n3)nc2-c2cccc(F)c2)ccn1. The number of nitrogens with two attached hydrogens (primary N) is 1. The van der Waals surface area contributed by atoms with E-state index in [-0.39, 0.29) is 5.82 Å². The van der Waals surface area contributed by atoms with Crippen LogP contribution in [0.15, 0.2) is 67.3 Å². The summed E-state index contributed by atoms with van der Waals surface area (Å²) in [4.78, 5) is 4.04. The van der Waals surface area contributed by atoms with Crippen molar-refractivity contribution in [1.82, 2.24) is 34.6 Å². The number of anilines is 1. The molecule has 2 N–H and O–H groups in total. The highest BCUT2D eigenvalue weighted by atomic mass is 19.1. The molecular weight excluding hydrogens is 359 g/mol. The van der Waals surface area contributed by atoms with Gasteiger partial charge in [-0.1, -0.05) is 12.1 Å². The molecule has 0 fully saturated rings. The van der Waals surface area contributed by atoms with Crippen molar-refractivity contribution in [2.45, 2.75) is 0 Å². The zero-order valence-corrected chi connectivity index (χ0v) is 14.4. The molecule has 5 aromatic rings. The fourth-order valence-electron chi connectivity index (χ4n) is 3.01. The van der Waals surface area contributed by atoms with E-state index in [1.807, 2.05) is 12.3 Å². The Hall–Kier alpha value is -4.14. The Balaban J connectivity index is 1.72. The van der Waals surface area contributed by atoms with Gasteiger partial charge >= 0.3 is 0 Å². The summed E-state index contributed by atoms with van der Waals surface area (Å²) in [5.41, 5.74) is 9.34. The molecule has 0 aliphatic carbocycles. The molecule has 8 nitrogen and oxygen atoms in total. The lowest BCUT2D eigenvalue weighted by atomic mass is 10.0. The molecule has 0 atom stereocenters. The van der Waals surface area contributed by atoms with E-state index >= 15 is 0 Å². The first-order valence-corrected chi connectivity index (χ1v) is 8.42. The topological polar surface area (TPSA) is 99.8 Å². The Morgan fingerprint density at radius 3 is 2.75 bits per heavy atom. The van der Waals surface area contributed by atoms with Crippen LogP contribution in [-0.2, 0) is 0 Å². The van der Waals surface area contributed by atoms with E-state index in [4.69, 9.17) is 5.73 Å². The molecule has 0 saturated carbocycles. The standard InChI is InChI=1S/C19H13FN8/c20-14-3-1-2-13(8-14)19-15(12-6-7-22-16(21)9-12)10-27(26-19)18-5-4-17-24-23-11-28(17)25-18/h1-11H,(H2,21,22). The molecule has 0 bridgehead atoms. The van der Waals surface area contributed by atoms with Gasteiger partial charge in [-0.25, -0.2) is 14.1 Å². The molecule has 9 heteroatoms. The third-order valence-corrected chi connectivity index (χ3v) is 4.29. The molecule has 0 saturated heterocycles. The summed E-state index contributed by atoms with van der Waals surface area (Å²) in [6.45, 7) is 0. The number of rotatable bonds is 3. The molecular formula is C19H13FN8. The minimum absolute atomic E-state index is 0.337. The van der Waals surface area contributed by atoms with Gasteiger partial charge in [0.05, 0.1) is 0 Å². The second-order valence-electron chi connectivity index (χ2n) is 6.14. The van der Waals surface area contributed by atoms with Crippen LogP contribution in [-0.4, -0.2) is 34.6 Å². The van der Waals surface area contributed by atoms with Crippen LogP contribution in [0, 0.1) is 5.82 Å². The van der Waals surface area contributed by atoms with Gasteiger partial charge in [-0.3, -0.25) is 0 Å². The zero-order chi connectivity index (χ0) is 19.1. The van der Waals surface area contributed by atoms with Gasteiger partial charge in [0.1, 0.15) is 23.7 Å². The van der Waals surface area contributed by atoms with Crippen LogP contribution in [0.5, 0.6) is 0 Å². The number of halogens is 1. The maximum absolute atomic E-state index is 13.8. The third kappa shape index (κ3) is 2.75. The highest BCUT2D eigenvalue weighted by molar-refractivity contribution is 5.81. The molecule has 5 rings (SSSR count). The van der Waals surface area contributed by atoms with Crippen molar-refractivity contribution in [3.05, 3.63) is 73.1 Å². The Labute approximate surface area is 158 Å². The lowest BCUT2D eigenvalue weighted by Crippen LogP contribution is -2.02. The van der Waals surface area contributed by atoms with Crippen molar-refractivity contribution in [3.8, 4) is 28.2 Å². The van der Waals surface area contributed by atoms with Crippen molar-refractivity contribution in [2.24, 2.45) is 0 Å². The van der Waals surface area contributed by atoms with Gasteiger partial charge in [-0.2, -0.15) is 9.61 Å². The molecule has 0 aliphatic rings. The van der Waals surface area contributed by atoms with E-state index in [9.17, 15) is 4.39 Å². The summed E-state index contributed by atoms with van der Waals surface area (Å²) in [5, 5.41) is 16.9. The van der Waals surface area contributed by atoms with Crippen molar-refractivity contribution in [1.29, 1.82) is 0 Å². The zero-order valence-electron chi connectivity index (χ0n) is 14.4. The maximum atomic E-state index is 13.8. The largest absolute Gasteiger partial charge is 0.384 e. The molecule has 0 unspecified atom stereocenters. The Morgan fingerprint density at radius 1 is 0.964 bits per heavy atom. The van der Waals surface area contributed by atoms with Gasteiger partial charge in [0.25, 0.3) is 0 Å². The fraction of sp³-hybridized carbons (Fsp3) is 0. The van der Waals surface area contributed by atoms with Crippen molar-refractivity contribution < 1.29 is 4.39 Å². The highest BCUT2D eigenvalue weighted by Gasteiger charge is 2.16. The monoisotopic (exact) mass is 372 g/mol. The normalized spacial score (nSPS) is 11.2. The average Bonchev–Trinajstić information content (AvgIpc) is 3.34. The Bertz CT molecular complexity index is 1240. The molecule has 0 radical (unpaired) electrons. The Kier molecular flexibility index (Phi) is 3.58. The second kappa shape index (κ2) is 6.23. The number of aromatic nitrogens is 7. The molecule has 4 aromatic heterocycles. The first-order valence-electron chi connectivity index (χ1n) is 8.42. The van der Waals surface area contributed by atoms with Crippen molar-refractivity contribution in [3.63, 3.8) is 0 Å². The number of pyridine rings is 1. The van der Waals surface area contributed by atoms with Gasteiger partial charge in [-0.15, -0.1) is 15.3 Å². The smallest absolute Gasteiger partial charge is 0.177 e. The molecule has 0 spiro atoms. The minimum Gasteiger partial charge on any atom is -0.384 e. The number of fused-ring (bicyclic) bond motifs is 1. The number of nitrogen functional groups attached to an aromatic ring is 1.